The molecular weight excluding hydrogens is 294 g/mol. The lowest BCUT2D eigenvalue weighted by atomic mass is 10.4. The van der Waals surface area contributed by atoms with Gasteiger partial charge in [-0.2, -0.15) is 0 Å². The maximum absolute atomic E-state index is 12.1. The molecule has 2 unspecified atom stereocenters. The van der Waals surface area contributed by atoms with Crippen molar-refractivity contribution < 1.29 is 18.9 Å². The van der Waals surface area contributed by atoms with Crippen LogP contribution in [0, 0.1) is 0 Å². The number of rotatable bonds is 5. The van der Waals surface area contributed by atoms with E-state index < -0.39 is 14.7 Å². The van der Waals surface area contributed by atoms with Crippen LogP contribution >= 0.6 is 14.7 Å². The van der Waals surface area contributed by atoms with Crippen molar-refractivity contribution in [2.45, 2.75) is 13.8 Å². The minimum atomic E-state index is -3.77. The third kappa shape index (κ3) is 4.43. The highest BCUT2D eigenvalue weighted by Gasteiger charge is 2.22. The molecule has 0 aliphatic heterocycles. The standard InChI is InChI=1S/C14H18O4P2/c1-3-8-13(4-2)19(15,16)11-12-20(17,18)14-9-6-5-7-10-14/h3-12H,1-2H3,(H,15,16)(H,17,18)/b8-3-,12-11+,13-4+. The normalized spacial score (nSPS) is 19.1. The Kier molecular flexibility index (Phi) is 5.91. The Bertz CT molecular complexity index is 630. The average molecular weight is 312 g/mol. The van der Waals surface area contributed by atoms with Gasteiger partial charge in [-0.05, 0) is 26.0 Å². The summed E-state index contributed by atoms with van der Waals surface area (Å²) in [7, 11) is -7.55. The van der Waals surface area contributed by atoms with Crippen LogP contribution in [0.2, 0.25) is 0 Å². The summed E-state index contributed by atoms with van der Waals surface area (Å²) in [6.45, 7) is 3.37. The minimum Gasteiger partial charge on any atom is -0.338 e. The first-order chi connectivity index (χ1) is 9.33. The zero-order valence-corrected chi connectivity index (χ0v) is 13.2. The molecule has 1 aromatic rings. The zero-order valence-electron chi connectivity index (χ0n) is 11.4. The van der Waals surface area contributed by atoms with Gasteiger partial charge in [0.05, 0.1) is 0 Å². The summed E-state index contributed by atoms with van der Waals surface area (Å²) in [4.78, 5) is 19.9. The Morgan fingerprint density at radius 3 is 2.15 bits per heavy atom. The molecule has 4 nitrogen and oxygen atoms in total. The topological polar surface area (TPSA) is 74.6 Å². The predicted octanol–water partition coefficient (Wildman–Crippen LogP) is 3.80. The fraction of sp³-hybridized carbons (Fsp3) is 0.143. The lowest BCUT2D eigenvalue weighted by Crippen LogP contribution is -2.00. The largest absolute Gasteiger partial charge is 0.338 e. The molecule has 0 saturated carbocycles. The van der Waals surface area contributed by atoms with Crippen molar-refractivity contribution >= 4 is 20.0 Å². The van der Waals surface area contributed by atoms with Crippen molar-refractivity contribution in [2.75, 3.05) is 0 Å². The number of hydrogen-bond acceptors (Lipinski definition) is 2. The molecule has 2 atom stereocenters. The first-order valence-corrected chi connectivity index (χ1v) is 9.50. The van der Waals surface area contributed by atoms with Crippen molar-refractivity contribution in [1.29, 1.82) is 0 Å². The van der Waals surface area contributed by atoms with Crippen LogP contribution in [0.5, 0.6) is 0 Å². The highest BCUT2D eigenvalue weighted by Crippen LogP contribution is 2.55. The van der Waals surface area contributed by atoms with Crippen LogP contribution in [0.3, 0.4) is 0 Å². The number of hydrogen-bond donors (Lipinski definition) is 2. The van der Waals surface area contributed by atoms with Gasteiger partial charge in [0, 0.05) is 22.3 Å². The fourth-order valence-electron chi connectivity index (χ4n) is 1.55. The van der Waals surface area contributed by atoms with E-state index in [0.717, 1.165) is 11.6 Å². The summed E-state index contributed by atoms with van der Waals surface area (Å²) in [5.41, 5.74) is 0. The van der Waals surface area contributed by atoms with E-state index in [4.69, 9.17) is 0 Å². The van der Waals surface area contributed by atoms with Crippen molar-refractivity contribution in [3.05, 3.63) is 65.5 Å². The summed E-state index contributed by atoms with van der Waals surface area (Å²) in [6, 6.07) is 8.03. The second-order valence-corrected chi connectivity index (χ2v) is 8.21. The Labute approximate surface area is 119 Å². The smallest absolute Gasteiger partial charge is 0.251 e. The first-order valence-electron chi connectivity index (χ1n) is 6.04. The second kappa shape index (κ2) is 7.01. The lowest BCUT2D eigenvalue weighted by Gasteiger charge is -2.10. The van der Waals surface area contributed by atoms with Gasteiger partial charge in [0.2, 0.25) is 0 Å². The summed E-state index contributed by atoms with van der Waals surface area (Å²) in [5.74, 6) is 1.85. The third-order valence-corrected chi connectivity index (χ3v) is 6.13. The van der Waals surface area contributed by atoms with Crippen LogP contribution < -0.4 is 5.30 Å². The van der Waals surface area contributed by atoms with Crippen LogP contribution in [-0.4, -0.2) is 9.79 Å². The van der Waals surface area contributed by atoms with Gasteiger partial charge in [0.25, 0.3) is 14.7 Å². The van der Waals surface area contributed by atoms with Crippen molar-refractivity contribution in [2.24, 2.45) is 0 Å². The maximum atomic E-state index is 12.1. The zero-order chi connectivity index (χ0) is 15.2. The SMILES string of the molecule is C/C=C\C(=C/C)P(=O)(O)/C=C/P(=O)(O)c1ccccc1. The molecule has 0 amide bonds. The van der Waals surface area contributed by atoms with E-state index in [1.807, 2.05) is 0 Å². The van der Waals surface area contributed by atoms with Gasteiger partial charge in [-0.3, -0.25) is 9.13 Å². The Morgan fingerprint density at radius 2 is 1.65 bits per heavy atom. The van der Waals surface area contributed by atoms with Gasteiger partial charge in [0.1, 0.15) is 0 Å². The van der Waals surface area contributed by atoms with Crippen molar-refractivity contribution in [1.82, 2.24) is 0 Å². The average Bonchev–Trinajstić information content (AvgIpc) is 2.43. The Morgan fingerprint density at radius 1 is 1.05 bits per heavy atom. The lowest BCUT2D eigenvalue weighted by molar-refractivity contribution is 0.493. The van der Waals surface area contributed by atoms with Gasteiger partial charge >= 0.3 is 0 Å². The molecule has 6 heteroatoms. The molecule has 0 aromatic heterocycles. The van der Waals surface area contributed by atoms with E-state index in [0.29, 0.717) is 0 Å². The number of allylic oxidation sites excluding steroid dienone is 4. The molecule has 0 fully saturated rings. The fourth-order valence-corrected chi connectivity index (χ4v) is 4.68. The second-order valence-electron chi connectivity index (χ2n) is 4.09. The van der Waals surface area contributed by atoms with Gasteiger partial charge in [0.15, 0.2) is 0 Å². The quantitative estimate of drug-likeness (QED) is 0.640. The molecule has 0 aliphatic carbocycles. The molecular formula is C14H18O4P2. The van der Waals surface area contributed by atoms with Gasteiger partial charge < -0.3 is 9.79 Å². The first kappa shape index (κ1) is 16.9. The van der Waals surface area contributed by atoms with Gasteiger partial charge in [-0.1, -0.05) is 36.4 Å². The van der Waals surface area contributed by atoms with E-state index in [9.17, 15) is 18.9 Å². The predicted molar refractivity (Wildman–Crippen MR) is 83.4 cm³/mol. The van der Waals surface area contributed by atoms with Crippen LogP contribution in [0.25, 0.3) is 0 Å². The molecule has 0 radical (unpaired) electrons. The van der Waals surface area contributed by atoms with E-state index in [-0.39, 0.29) is 10.6 Å². The molecule has 0 aliphatic rings. The summed E-state index contributed by atoms with van der Waals surface area (Å²) >= 11 is 0. The maximum Gasteiger partial charge on any atom is 0.251 e. The molecule has 0 spiro atoms. The number of benzene rings is 1. The van der Waals surface area contributed by atoms with Gasteiger partial charge in [-0.15, -0.1) is 0 Å². The molecule has 2 N–H and O–H groups in total. The van der Waals surface area contributed by atoms with Crippen LogP contribution in [0.1, 0.15) is 13.8 Å². The van der Waals surface area contributed by atoms with Crippen LogP contribution in [-0.2, 0) is 9.13 Å². The van der Waals surface area contributed by atoms with Crippen molar-refractivity contribution in [3.8, 4) is 0 Å². The summed E-state index contributed by atoms with van der Waals surface area (Å²) < 4.78 is 24.3. The van der Waals surface area contributed by atoms with Crippen LogP contribution in [0.15, 0.2) is 65.5 Å². The molecule has 0 heterocycles. The Hall–Kier alpha value is -1.18. The highest BCUT2D eigenvalue weighted by molar-refractivity contribution is 7.71. The van der Waals surface area contributed by atoms with E-state index in [1.165, 1.54) is 24.3 Å². The summed E-state index contributed by atoms with van der Waals surface area (Å²) in [6.07, 6.45) is 4.66. The van der Waals surface area contributed by atoms with Crippen molar-refractivity contribution in [3.63, 3.8) is 0 Å². The molecule has 20 heavy (non-hydrogen) atoms. The molecule has 1 aromatic carbocycles. The van der Waals surface area contributed by atoms with E-state index in [2.05, 4.69) is 0 Å². The molecule has 0 saturated heterocycles. The minimum absolute atomic E-state index is 0.226. The third-order valence-electron chi connectivity index (χ3n) is 2.60. The molecule has 108 valence electrons. The monoisotopic (exact) mass is 312 g/mol. The molecule has 0 bridgehead atoms. The highest BCUT2D eigenvalue weighted by atomic mass is 31.2. The molecule has 1 rings (SSSR count). The van der Waals surface area contributed by atoms with E-state index in [1.54, 1.807) is 38.1 Å². The van der Waals surface area contributed by atoms with Gasteiger partial charge in [-0.25, -0.2) is 0 Å². The Balaban J connectivity index is 3.08. The summed E-state index contributed by atoms with van der Waals surface area (Å²) in [5, 5.41) is 0.452. The van der Waals surface area contributed by atoms with Crippen LogP contribution in [0.4, 0.5) is 0 Å². The van der Waals surface area contributed by atoms with E-state index >= 15 is 0 Å².